The fourth-order valence-electron chi connectivity index (χ4n) is 5.99. The van der Waals surface area contributed by atoms with Gasteiger partial charge in [0, 0.05) is 45.6 Å². The highest BCUT2D eigenvalue weighted by molar-refractivity contribution is 6.76. The molecule has 2 unspecified atom stereocenters. The van der Waals surface area contributed by atoms with E-state index in [1.165, 1.54) is 12.8 Å². The minimum atomic E-state index is -1.17. The number of morpholine rings is 1. The van der Waals surface area contributed by atoms with Crippen molar-refractivity contribution in [2.75, 3.05) is 31.2 Å². The number of carbonyl (C=O) groups excluding carboxylic acids is 1. The molecule has 1 saturated heterocycles. The largest absolute Gasteiger partial charge is 0.374 e. The average Bonchev–Trinajstić information content (AvgIpc) is 3.69. The molecule has 0 bridgehead atoms. The third-order valence-electron chi connectivity index (χ3n) is 8.20. The molecule has 5 rings (SSSR count). The molecule has 1 aliphatic heterocycles. The summed E-state index contributed by atoms with van der Waals surface area (Å²) in [6.45, 7) is 9.80. The van der Waals surface area contributed by atoms with E-state index < -0.39 is 8.07 Å². The van der Waals surface area contributed by atoms with E-state index in [-0.39, 0.29) is 24.5 Å². The van der Waals surface area contributed by atoms with Gasteiger partial charge in [0.15, 0.2) is 5.82 Å². The van der Waals surface area contributed by atoms with Crippen molar-refractivity contribution in [2.45, 2.75) is 83.1 Å². The van der Waals surface area contributed by atoms with Crippen LogP contribution in [-0.2, 0) is 21.0 Å². The van der Waals surface area contributed by atoms with Crippen LogP contribution in [0.25, 0.3) is 22.3 Å². The number of aromatic nitrogens is 5. The summed E-state index contributed by atoms with van der Waals surface area (Å²) in [6.07, 6.45) is 10.5. The summed E-state index contributed by atoms with van der Waals surface area (Å²) >= 11 is 0. The number of ether oxygens (including phenoxy) is 2. The molecule has 4 heterocycles. The Morgan fingerprint density at radius 3 is 2.83 bits per heavy atom. The fourth-order valence-corrected chi connectivity index (χ4v) is 6.74. The lowest BCUT2D eigenvalue weighted by Crippen LogP contribution is -2.44. The average molecular weight is 579 g/mol. The van der Waals surface area contributed by atoms with Gasteiger partial charge in [-0.3, -0.25) is 9.48 Å². The number of carbonyl (C=O) groups is 1. The number of rotatable bonds is 12. The molecule has 41 heavy (non-hydrogen) atoms. The highest BCUT2D eigenvalue weighted by Gasteiger charge is 2.32. The molecule has 2 aliphatic rings. The van der Waals surface area contributed by atoms with Crippen molar-refractivity contribution >= 4 is 30.8 Å². The number of hydrogen-bond acceptors (Lipinski definition) is 8. The lowest BCUT2D eigenvalue weighted by atomic mass is 9.96. The smallest absolute Gasteiger partial charge is 0.220 e. The van der Waals surface area contributed by atoms with Gasteiger partial charge >= 0.3 is 0 Å². The molecule has 1 saturated carbocycles. The topological polar surface area (TPSA) is 137 Å². The Bertz CT molecular complexity index is 1380. The number of nitrogens with two attached hydrogens (primary N) is 1. The van der Waals surface area contributed by atoms with Crippen molar-refractivity contribution in [3.63, 3.8) is 0 Å². The minimum absolute atomic E-state index is 0.000787. The highest BCUT2D eigenvalue weighted by atomic mass is 28.3. The normalized spacial score (nSPS) is 19.1. The van der Waals surface area contributed by atoms with Crippen LogP contribution in [0.4, 0.5) is 5.82 Å². The summed E-state index contributed by atoms with van der Waals surface area (Å²) in [6, 6.07) is 5.54. The predicted molar refractivity (Wildman–Crippen MR) is 160 cm³/mol. The van der Waals surface area contributed by atoms with Gasteiger partial charge in [0.1, 0.15) is 18.7 Å². The second-order valence-electron chi connectivity index (χ2n) is 12.5. The first-order valence-corrected chi connectivity index (χ1v) is 18.4. The van der Waals surface area contributed by atoms with Gasteiger partial charge in [-0.25, -0.2) is 9.97 Å². The summed E-state index contributed by atoms with van der Waals surface area (Å²) in [7, 11) is -1.17. The Hall–Kier alpha value is -3.27. The first kappa shape index (κ1) is 29.2. The standard InChI is InChI=1S/C29H42N8O3Si/c1-41(2,3)15-14-39-20-36-11-9-23-27(32-19-33-28(23)36)24-18-37(25(8-10-30)21-6-4-5-7-21)34-29(24)35-12-13-40-22(17-35)16-26(31)38/h9,11,18-19,21-22,25H,4-8,12-17,20H2,1-3H3,(H2,31,38). The predicted octanol–water partition coefficient (Wildman–Crippen LogP) is 4.33. The van der Waals surface area contributed by atoms with Crippen molar-refractivity contribution in [2.24, 2.45) is 11.7 Å². The lowest BCUT2D eigenvalue weighted by molar-refractivity contribution is -0.121. The molecule has 3 aromatic heterocycles. The van der Waals surface area contributed by atoms with Crippen LogP contribution in [0.1, 0.15) is 44.6 Å². The van der Waals surface area contributed by atoms with E-state index in [1.807, 2.05) is 21.5 Å². The lowest BCUT2D eigenvalue weighted by Gasteiger charge is -2.33. The summed E-state index contributed by atoms with van der Waals surface area (Å²) < 4.78 is 15.9. The van der Waals surface area contributed by atoms with E-state index in [0.717, 1.165) is 53.6 Å². The van der Waals surface area contributed by atoms with Crippen molar-refractivity contribution in [3.05, 3.63) is 24.8 Å². The molecule has 2 atom stereocenters. The number of anilines is 1. The first-order chi connectivity index (χ1) is 19.7. The van der Waals surface area contributed by atoms with Crippen LogP contribution >= 0.6 is 0 Å². The molecule has 1 aliphatic carbocycles. The van der Waals surface area contributed by atoms with Crippen LogP contribution in [0.15, 0.2) is 24.8 Å². The minimum Gasteiger partial charge on any atom is -0.374 e. The number of hydrogen-bond donors (Lipinski definition) is 1. The van der Waals surface area contributed by atoms with Gasteiger partial charge < -0.3 is 24.7 Å². The summed E-state index contributed by atoms with van der Waals surface area (Å²) in [5, 5.41) is 15.7. The molecule has 2 fully saturated rings. The maximum atomic E-state index is 11.6. The van der Waals surface area contributed by atoms with E-state index in [4.69, 9.17) is 25.3 Å². The SMILES string of the molecule is C[Si](C)(C)CCOCn1ccc2c(-c3cn(C(CC#N)C4CCCC4)nc3N3CCOC(CC(N)=O)C3)ncnc21. The third kappa shape index (κ3) is 6.97. The number of nitriles is 1. The van der Waals surface area contributed by atoms with Crippen molar-refractivity contribution in [1.29, 1.82) is 5.26 Å². The maximum Gasteiger partial charge on any atom is 0.220 e. The Morgan fingerprint density at radius 2 is 2.10 bits per heavy atom. The number of primary amides is 1. The molecule has 2 N–H and O–H groups in total. The van der Waals surface area contributed by atoms with Crippen LogP contribution in [0, 0.1) is 17.2 Å². The van der Waals surface area contributed by atoms with E-state index in [1.54, 1.807) is 6.33 Å². The Morgan fingerprint density at radius 1 is 1.29 bits per heavy atom. The van der Waals surface area contributed by atoms with E-state index in [2.05, 4.69) is 41.8 Å². The summed E-state index contributed by atoms with van der Waals surface area (Å²) in [4.78, 5) is 23.2. The van der Waals surface area contributed by atoms with E-state index in [9.17, 15) is 10.1 Å². The highest BCUT2D eigenvalue weighted by Crippen LogP contribution is 2.40. The van der Waals surface area contributed by atoms with Gasteiger partial charge in [0.25, 0.3) is 0 Å². The van der Waals surface area contributed by atoms with Crippen LogP contribution in [-0.4, -0.2) is 70.7 Å². The number of amides is 1. The molecule has 3 aromatic rings. The maximum absolute atomic E-state index is 11.6. The van der Waals surface area contributed by atoms with Crippen molar-refractivity contribution < 1.29 is 14.3 Å². The van der Waals surface area contributed by atoms with Gasteiger partial charge in [-0.05, 0) is 30.9 Å². The third-order valence-corrected chi connectivity index (χ3v) is 9.91. The van der Waals surface area contributed by atoms with Crippen LogP contribution in [0.2, 0.25) is 25.7 Å². The van der Waals surface area contributed by atoms with Gasteiger partial charge in [-0.1, -0.05) is 32.5 Å². The van der Waals surface area contributed by atoms with Gasteiger partial charge in [-0.2, -0.15) is 10.4 Å². The van der Waals surface area contributed by atoms with E-state index in [0.29, 0.717) is 38.8 Å². The number of nitrogens with zero attached hydrogens (tertiary/aromatic N) is 7. The monoisotopic (exact) mass is 578 g/mol. The molecular formula is C29H42N8O3Si. The summed E-state index contributed by atoms with van der Waals surface area (Å²) in [5.74, 6) is 0.814. The Kier molecular flexibility index (Phi) is 9.06. The van der Waals surface area contributed by atoms with E-state index >= 15 is 0 Å². The molecular weight excluding hydrogens is 536 g/mol. The van der Waals surface area contributed by atoms with Crippen molar-refractivity contribution in [1.82, 2.24) is 24.3 Å². The molecule has 0 aromatic carbocycles. The van der Waals surface area contributed by atoms with Crippen LogP contribution < -0.4 is 10.6 Å². The molecule has 220 valence electrons. The molecule has 0 spiro atoms. The Labute approximate surface area is 242 Å². The quantitative estimate of drug-likeness (QED) is 0.248. The zero-order valence-corrected chi connectivity index (χ0v) is 25.5. The first-order valence-electron chi connectivity index (χ1n) is 14.7. The van der Waals surface area contributed by atoms with Gasteiger partial charge in [-0.15, -0.1) is 0 Å². The van der Waals surface area contributed by atoms with Gasteiger partial charge in [0.2, 0.25) is 5.91 Å². The molecule has 11 nitrogen and oxygen atoms in total. The number of fused-ring (bicyclic) bond motifs is 1. The molecule has 0 radical (unpaired) electrons. The van der Waals surface area contributed by atoms with Gasteiger partial charge in [0.05, 0.1) is 48.9 Å². The summed E-state index contributed by atoms with van der Waals surface area (Å²) in [5.41, 5.74) is 7.97. The van der Waals surface area contributed by atoms with Crippen LogP contribution in [0.3, 0.4) is 0 Å². The molecule has 12 heteroatoms. The zero-order valence-electron chi connectivity index (χ0n) is 24.5. The second-order valence-corrected chi connectivity index (χ2v) is 18.1. The fraction of sp³-hybridized carbons (Fsp3) is 0.621. The van der Waals surface area contributed by atoms with Crippen molar-refractivity contribution in [3.8, 4) is 17.3 Å². The zero-order chi connectivity index (χ0) is 29.0. The van der Waals surface area contributed by atoms with Crippen LogP contribution in [0.5, 0.6) is 0 Å². The Balaban J connectivity index is 1.51. The molecule has 1 amide bonds. The second kappa shape index (κ2) is 12.7.